The van der Waals surface area contributed by atoms with Crippen LogP contribution in [0.25, 0.3) is 0 Å². The van der Waals surface area contributed by atoms with Crippen molar-refractivity contribution in [3.8, 4) is 18.4 Å². The number of nitriles is 1. The van der Waals surface area contributed by atoms with Gasteiger partial charge in [-0.05, 0) is 45.7 Å². The Hall–Kier alpha value is -3.52. The third-order valence-electron chi connectivity index (χ3n) is 4.68. The van der Waals surface area contributed by atoms with E-state index in [2.05, 4.69) is 23.5 Å². The van der Waals surface area contributed by atoms with Gasteiger partial charge in [-0.3, -0.25) is 9.59 Å². The SMILES string of the molecule is C#Cc1ccccc1C(C(=O)NCCCCC)N(CC#N)C(=O)C(C)NC(=O)OC(C)(C)C. The summed E-state index contributed by atoms with van der Waals surface area (Å²) in [5, 5.41) is 14.7. The molecule has 0 spiro atoms. The molecule has 1 rings (SSSR count). The van der Waals surface area contributed by atoms with Gasteiger partial charge in [0.25, 0.3) is 0 Å². The summed E-state index contributed by atoms with van der Waals surface area (Å²) in [7, 11) is 0. The predicted molar refractivity (Wildman–Crippen MR) is 126 cm³/mol. The first-order chi connectivity index (χ1) is 15.6. The molecule has 0 bridgehead atoms. The summed E-state index contributed by atoms with van der Waals surface area (Å²) in [5.74, 6) is 1.49. The zero-order chi connectivity index (χ0) is 25.0. The van der Waals surface area contributed by atoms with Crippen LogP contribution in [0.5, 0.6) is 0 Å². The van der Waals surface area contributed by atoms with E-state index in [1.54, 1.807) is 45.0 Å². The molecule has 0 saturated carbocycles. The largest absolute Gasteiger partial charge is 0.444 e. The van der Waals surface area contributed by atoms with Crippen molar-refractivity contribution in [3.05, 3.63) is 35.4 Å². The Balaban J connectivity index is 3.27. The Morgan fingerprint density at radius 2 is 1.88 bits per heavy atom. The molecule has 0 heterocycles. The maximum atomic E-state index is 13.3. The Labute approximate surface area is 196 Å². The van der Waals surface area contributed by atoms with Crippen molar-refractivity contribution in [2.45, 2.75) is 71.6 Å². The van der Waals surface area contributed by atoms with Crippen molar-refractivity contribution in [1.29, 1.82) is 5.26 Å². The van der Waals surface area contributed by atoms with E-state index >= 15 is 0 Å². The molecule has 33 heavy (non-hydrogen) atoms. The summed E-state index contributed by atoms with van der Waals surface area (Å²) in [6.07, 6.45) is 7.59. The van der Waals surface area contributed by atoms with E-state index < -0.39 is 35.6 Å². The Morgan fingerprint density at radius 3 is 2.45 bits per heavy atom. The lowest BCUT2D eigenvalue weighted by Gasteiger charge is -2.32. The van der Waals surface area contributed by atoms with Crippen LogP contribution in [0.2, 0.25) is 0 Å². The third-order valence-corrected chi connectivity index (χ3v) is 4.68. The predicted octanol–water partition coefficient (Wildman–Crippen LogP) is 3.28. The fourth-order valence-corrected chi connectivity index (χ4v) is 3.17. The number of nitrogens with one attached hydrogen (secondary N) is 2. The third kappa shape index (κ3) is 8.86. The number of carbonyl (C=O) groups is 3. The van der Waals surface area contributed by atoms with Gasteiger partial charge in [-0.2, -0.15) is 5.26 Å². The molecule has 0 radical (unpaired) electrons. The Morgan fingerprint density at radius 1 is 1.21 bits per heavy atom. The van der Waals surface area contributed by atoms with Crippen LogP contribution in [0, 0.1) is 23.7 Å². The van der Waals surface area contributed by atoms with Gasteiger partial charge in [0.2, 0.25) is 11.8 Å². The molecule has 8 nitrogen and oxygen atoms in total. The number of amides is 3. The van der Waals surface area contributed by atoms with Gasteiger partial charge < -0.3 is 20.3 Å². The van der Waals surface area contributed by atoms with E-state index in [1.165, 1.54) is 6.92 Å². The molecule has 2 atom stereocenters. The summed E-state index contributed by atoms with van der Waals surface area (Å²) in [4.78, 5) is 39.8. The molecule has 0 aliphatic carbocycles. The Bertz CT molecular complexity index is 908. The molecule has 2 unspecified atom stereocenters. The Kier molecular flexibility index (Phi) is 10.9. The van der Waals surface area contributed by atoms with Crippen LogP contribution >= 0.6 is 0 Å². The van der Waals surface area contributed by atoms with Gasteiger partial charge in [0, 0.05) is 12.1 Å². The van der Waals surface area contributed by atoms with Crippen LogP contribution in [-0.4, -0.2) is 47.5 Å². The number of terminal acetylenes is 1. The second-order valence-electron chi connectivity index (χ2n) is 8.62. The van der Waals surface area contributed by atoms with E-state index in [4.69, 9.17) is 11.2 Å². The van der Waals surface area contributed by atoms with E-state index in [1.807, 2.05) is 6.07 Å². The van der Waals surface area contributed by atoms with E-state index in [-0.39, 0.29) is 6.54 Å². The van der Waals surface area contributed by atoms with Crippen molar-refractivity contribution in [2.24, 2.45) is 0 Å². The number of rotatable bonds is 10. The highest BCUT2D eigenvalue weighted by molar-refractivity contribution is 5.92. The van der Waals surface area contributed by atoms with Crippen LogP contribution in [0.15, 0.2) is 24.3 Å². The molecule has 0 fully saturated rings. The van der Waals surface area contributed by atoms with Gasteiger partial charge >= 0.3 is 6.09 Å². The van der Waals surface area contributed by atoms with Crippen molar-refractivity contribution >= 4 is 17.9 Å². The molecule has 3 amide bonds. The molecule has 8 heteroatoms. The molecule has 0 aliphatic rings. The second-order valence-corrected chi connectivity index (χ2v) is 8.62. The number of unbranched alkanes of at least 4 members (excludes halogenated alkanes) is 2. The first-order valence-corrected chi connectivity index (χ1v) is 11.1. The molecule has 1 aromatic rings. The summed E-state index contributed by atoms with van der Waals surface area (Å²) in [6, 6.07) is 6.55. The average molecular weight is 455 g/mol. The van der Waals surface area contributed by atoms with Gasteiger partial charge in [-0.25, -0.2) is 4.79 Å². The van der Waals surface area contributed by atoms with Crippen molar-refractivity contribution in [1.82, 2.24) is 15.5 Å². The van der Waals surface area contributed by atoms with E-state index in [0.29, 0.717) is 17.7 Å². The molecule has 0 saturated heterocycles. The van der Waals surface area contributed by atoms with Crippen LogP contribution in [0.3, 0.4) is 0 Å². The summed E-state index contributed by atoms with van der Waals surface area (Å²) < 4.78 is 5.21. The number of ether oxygens (including phenoxy) is 1. The van der Waals surface area contributed by atoms with Crippen LogP contribution in [0.4, 0.5) is 4.79 Å². The number of hydrogen-bond donors (Lipinski definition) is 2. The first-order valence-electron chi connectivity index (χ1n) is 11.1. The number of carbonyl (C=O) groups excluding carboxylic acids is 3. The molecule has 0 aliphatic heterocycles. The number of alkyl carbamates (subject to hydrolysis) is 1. The lowest BCUT2D eigenvalue weighted by atomic mass is 9.97. The molecule has 2 N–H and O–H groups in total. The first kappa shape index (κ1) is 27.5. The lowest BCUT2D eigenvalue weighted by Crippen LogP contribution is -2.52. The fraction of sp³-hybridized carbons (Fsp3) is 0.520. The van der Waals surface area contributed by atoms with E-state index in [0.717, 1.165) is 24.2 Å². The molecule has 178 valence electrons. The van der Waals surface area contributed by atoms with Crippen molar-refractivity contribution < 1.29 is 19.1 Å². The highest BCUT2D eigenvalue weighted by Gasteiger charge is 2.35. The minimum absolute atomic E-state index is 0.370. The normalized spacial score (nSPS) is 12.5. The smallest absolute Gasteiger partial charge is 0.408 e. The topological polar surface area (TPSA) is 112 Å². The number of hydrogen-bond acceptors (Lipinski definition) is 5. The fourth-order valence-electron chi connectivity index (χ4n) is 3.17. The summed E-state index contributed by atoms with van der Waals surface area (Å²) in [5.41, 5.74) is 0.127. The summed E-state index contributed by atoms with van der Waals surface area (Å²) in [6.45, 7) is 8.71. The van der Waals surface area contributed by atoms with Crippen LogP contribution in [-0.2, 0) is 14.3 Å². The van der Waals surface area contributed by atoms with Gasteiger partial charge in [0.05, 0.1) is 6.07 Å². The van der Waals surface area contributed by atoms with Gasteiger partial charge in [0.15, 0.2) is 0 Å². The monoisotopic (exact) mass is 454 g/mol. The van der Waals surface area contributed by atoms with E-state index in [9.17, 15) is 19.6 Å². The zero-order valence-electron chi connectivity index (χ0n) is 20.1. The molecular weight excluding hydrogens is 420 g/mol. The minimum Gasteiger partial charge on any atom is -0.444 e. The summed E-state index contributed by atoms with van der Waals surface area (Å²) >= 11 is 0. The molecular formula is C25H34N4O4. The molecule has 0 aromatic heterocycles. The highest BCUT2D eigenvalue weighted by atomic mass is 16.6. The minimum atomic E-state index is -1.13. The quantitative estimate of drug-likeness (QED) is 0.320. The standard InChI is InChI=1S/C25H34N4O4/c1-7-9-12-16-27-22(30)21(20-14-11-10-13-19(20)8-2)29(17-15-26)23(31)18(3)28-24(32)33-25(4,5)6/h2,10-11,13-14,18,21H,7,9,12,16-17H2,1,3-6H3,(H,27,30)(H,28,32). The number of nitrogens with zero attached hydrogens (tertiary/aromatic N) is 2. The number of benzene rings is 1. The maximum absolute atomic E-state index is 13.3. The zero-order valence-corrected chi connectivity index (χ0v) is 20.1. The van der Waals surface area contributed by atoms with Gasteiger partial charge in [-0.15, -0.1) is 6.42 Å². The van der Waals surface area contributed by atoms with Crippen molar-refractivity contribution in [2.75, 3.05) is 13.1 Å². The van der Waals surface area contributed by atoms with Gasteiger partial charge in [0.1, 0.15) is 24.2 Å². The highest BCUT2D eigenvalue weighted by Crippen LogP contribution is 2.25. The van der Waals surface area contributed by atoms with Crippen LogP contribution in [0.1, 0.15) is 71.0 Å². The lowest BCUT2D eigenvalue weighted by molar-refractivity contribution is -0.141. The van der Waals surface area contributed by atoms with Crippen molar-refractivity contribution in [3.63, 3.8) is 0 Å². The molecule has 1 aromatic carbocycles. The second kappa shape index (κ2) is 13.1. The van der Waals surface area contributed by atoms with Gasteiger partial charge in [-0.1, -0.05) is 43.9 Å². The van der Waals surface area contributed by atoms with Crippen LogP contribution < -0.4 is 10.6 Å². The average Bonchev–Trinajstić information content (AvgIpc) is 2.74. The maximum Gasteiger partial charge on any atom is 0.408 e.